The molecule has 0 radical (unpaired) electrons. The summed E-state index contributed by atoms with van der Waals surface area (Å²) in [6.45, 7) is 8.39. The molecular weight excluding hydrogens is 400 g/mol. The molecule has 0 aliphatic heterocycles. The number of aryl methyl sites for hydroxylation is 3. The normalized spacial score (nSPS) is 9.00. The summed E-state index contributed by atoms with van der Waals surface area (Å²) in [6.07, 6.45) is 0. The fraction of sp³-hybridized carbons (Fsp3) is 0.261. The number of ether oxygens (including phenoxy) is 1. The zero-order valence-electron chi connectivity index (χ0n) is 18.4. The quantitative estimate of drug-likeness (QED) is 0.591. The van der Waals surface area contributed by atoms with Crippen molar-refractivity contribution >= 4 is 29.9 Å². The van der Waals surface area contributed by atoms with Crippen molar-refractivity contribution in [2.45, 2.75) is 20.8 Å². The number of aromatic nitrogens is 1. The van der Waals surface area contributed by atoms with E-state index in [1.165, 1.54) is 28.0 Å². The molecule has 0 aliphatic rings. The van der Waals surface area contributed by atoms with Crippen molar-refractivity contribution in [3.05, 3.63) is 70.1 Å². The van der Waals surface area contributed by atoms with Gasteiger partial charge in [-0.2, -0.15) is 0 Å². The number of hydrogen-bond donors (Lipinski definition) is 2. The summed E-state index contributed by atoms with van der Waals surface area (Å²) in [5.74, 6) is -0.541. The molecular formula is C23H30N2O4S. The molecule has 0 bridgehead atoms. The molecule has 0 fully saturated rings. The second-order valence-corrected chi connectivity index (χ2v) is 7.11. The van der Waals surface area contributed by atoms with Crippen LogP contribution in [-0.4, -0.2) is 44.1 Å². The van der Waals surface area contributed by atoms with E-state index < -0.39 is 5.97 Å². The van der Waals surface area contributed by atoms with Crippen molar-refractivity contribution in [3.8, 4) is 10.6 Å². The van der Waals surface area contributed by atoms with Gasteiger partial charge >= 0.3 is 5.97 Å². The van der Waals surface area contributed by atoms with Gasteiger partial charge < -0.3 is 20.0 Å². The Morgan fingerprint density at radius 2 is 1.60 bits per heavy atom. The molecule has 0 saturated heterocycles. The van der Waals surface area contributed by atoms with Gasteiger partial charge in [0.1, 0.15) is 11.8 Å². The molecule has 1 heterocycles. The molecule has 0 aliphatic carbocycles. The Bertz CT molecular complexity index is 895. The van der Waals surface area contributed by atoms with Crippen molar-refractivity contribution in [3.63, 3.8) is 0 Å². The van der Waals surface area contributed by atoms with Crippen LogP contribution in [0.5, 0.6) is 0 Å². The number of methoxy groups -OCH3 is 1. The Labute approximate surface area is 182 Å². The topological polar surface area (TPSA) is 88.5 Å². The number of nitrogens with zero attached hydrogens (tertiary/aromatic N) is 1. The number of carboxylic acids is 1. The van der Waals surface area contributed by atoms with Crippen LogP contribution in [0.1, 0.15) is 26.4 Å². The molecule has 3 aromatic rings. The smallest absolute Gasteiger partial charge is 0.349 e. The van der Waals surface area contributed by atoms with Crippen LogP contribution in [-0.2, 0) is 9.53 Å². The lowest BCUT2D eigenvalue weighted by Crippen LogP contribution is -1.98. The van der Waals surface area contributed by atoms with E-state index in [2.05, 4.69) is 54.0 Å². The average Bonchev–Trinajstić information content (AvgIpc) is 3.19. The number of carbonyl (C=O) groups excluding carboxylic acids is 1. The molecule has 6 nitrogen and oxygen atoms in total. The largest absolute Gasteiger partial charge is 0.477 e. The van der Waals surface area contributed by atoms with Gasteiger partial charge in [0.2, 0.25) is 0 Å². The number of carbonyl (C=O) groups is 2. The van der Waals surface area contributed by atoms with Gasteiger partial charge in [0, 0.05) is 26.8 Å². The second-order valence-electron chi connectivity index (χ2n) is 6.11. The highest BCUT2D eigenvalue weighted by Crippen LogP contribution is 2.30. The lowest BCUT2D eigenvalue weighted by molar-refractivity contribution is -0.0980. The van der Waals surface area contributed by atoms with Crippen LogP contribution in [0.2, 0.25) is 0 Å². The van der Waals surface area contributed by atoms with E-state index in [0.717, 1.165) is 5.56 Å². The minimum Gasteiger partial charge on any atom is -0.477 e. The summed E-state index contributed by atoms with van der Waals surface area (Å²) in [5.41, 5.74) is 5.03. The van der Waals surface area contributed by atoms with Crippen LogP contribution >= 0.6 is 11.3 Å². The van der Waals surface area contributed by atoms with E-state index in [1.807, 2.05) is 37.1 Å². The lowest BCUT2D eigenvalue weighted by atomic mass is 10.1. The van der Waals surface area contributed by atoms with E-state index in [-0.39, 0.29) is 4.88 Å². The second kappa shape index (κ2) is 14.9. The molecule has 0 unspecified atom stereocenters. The standard InChI is InChI=1S/C11H10N2O2S.C9H12.C2H6O.CH2O/c1-12-9-8(11(14)15)16-10(13-9)7-5-3-2-4-6-7;1-7-4-5-8(2)9(3)6-7;1-3-2;1-2/h2-6,12H,1H3,(H,14,15);4-6H,1-3H3;1-2H3;1H2. The molecule has 2 aromatic carbocycles. The summed E-state index contributed by atoms with van der Waals surface area (Å²) < 4.78 is 4.25. The highest BCUT2D eigenvalue weighted by molar-refractivity contribution is 7.17. The SMILES string of the molecule is C=O.CNc1nc(-c2ccccc2)sc1C(=O)O.COC.Cc1ccc(C)c(C)c1. The van der Waals surface area contributed by atoms with Gasteiger partial charge in [-0.25, -0.2) is 9.78 Å². The predicted molar refractivity (Wildman–Crippen MR) is 125 cm³/mol. The third kappa shape index (κ3) is 8.98. The number of anilines is 1. The Kier molecular flexibility index (Phi) is 13.4. The van der Waals surface area contributed by atoms with Crippen LogP contribution in [0, 0.1) is 20.8 Å². The molecule has 0 atom stereocenters. The monoisotopic (exact) mass is 430 g/mol. The first-order chi connectivity index (χ1) is 14.3. The fourth-order valence-corrected chi connectivity index (χ4v) is 3.15. The number of nitrogens with one attached hydrogen (secondary N) is 1. The Balaban J connectivity index is 0.000000508. The molecule has 162 valence electrons. The van der Waals surface area contributed by atoms with Crippen LogP contribution in [0.3, 0.4) is 0 Å². The highest BCUT2D eigenvalue weighted by atomic mass is 32.1. The average molecular weight is 431 g/mol. The van der Waals surface area contributed by atoms with Crippen molar-refractivity contribution in [1.29, 1.82) is 0 Å². The van der Waals surface area contributed by atoms with Gasteiger partial charge in [0.05, 0.1) is 0 Å². The summed E-state index contributed by atoms with van der Waals surface area (Å²) >= 11 is 1.17. The number of aromatic carboxylic acids is 1. The minimum atomic E-state index is -0.955. The maximum Gasteiger partial charge on any atom is 0.349 e. The molecule has 1 aromatic heterocycles. The molecule has 0 spiro atoms. The van der Waals surface area contributed by atoms with Crippen LogP contribution in [0.15, 0.2) is 48.5 Å². The van der Waals surface area contributed by atoms with Crippen molar-refractivity contribution < 1.29 is 19.4 Å². The highest BCUT2D eigenvalue weighted by Gasteiger charge is 2.16. The number of carboxylic acid groups (broad SMARTS) is 1. The van der Waals surface area contributed by atoms with E-state index in [0.29, 0.717) is 10.8 Å². The van der Waals surface area contributed by atoms with Crippen molar-refractivity contribution in [1.82, 2.24) is 4.98 Å². The van der Waals surface area contributed by atoms with E-state index >= 15 is 0 Å². The van der Waals surface area contributed by atoms with Gasteiger partial charge in [-0.05, 0) is 31.9 Å². The molecule has 7 heteroatoms. The molecule has 3 rings (SSSR count). The summed E-state index contributed by atoms with van der Waals surface area (Å²) in [4.78, 5) is 23.4. The van der Waals surface area contributed by atoms with E-state index in [4.69, 9.17) is 9.90 Å². The minimum absolute atomic E-state index is 0.237. The van der Waals surface area contributed by atoms with Crippen LogP contribution in [0.4, 0.5) is 5.82 Å². The first kappa shape index (κ1) is 27.0. The van der Waals surface area contributed by atoms with Gasteiger partial charge in [-0.15, -0.1) is 11.3 Å². The van der Waals surface area contributed by atoms with E-state index in [9.17, 15) is 4.79 Å². The van der Waals surface area contributed by atoms with Crippen LogP contribution < -0.4 is 5.32 Å². The maximum atomic E-state index is 11.0. The molecule has 2 N–H and O–H groups in total. The van der Waals surface area contributed by atoms with Gasteiger partial charge in [0.15, 0.2) is 10.7 Å². The zero-order valence-corrected chi connectivity index (χ0v) is 19.2. The summed E-state index contributed by atoms with van der Waals surface area (Å²) in [6, 6.07) is 16.0. The first-order valence-corrected chi connectivity index (χ1v) is 9.85. The molecule has 0 amide bonds. The fourth-order valence-electron chi connectivity index (χ4n) is 2.23. The zero-order chi connectivity index (χ0) is 23.1. The van der Waals surface area contributed by atoms with Crippen molar-refractivity contribution in [2.75, 3.05) is 26.6 Å². The first-order valence-electron chi connectivity index (χ1n) is 9.04. The number of benzene rings is 2. The number of thiazole rings is 1. The Hall–Kier alpha value is -3.03. The van der Waals surface area contributed by atoms with Crippen LogP contribution in [0.25, 0.3) is 10.6 Å². The third-order valence-electron chi connectivity index (χ3n) is 3.74. The number of hydrogen-bond acceptors (Lipinski definition) is 6. The van der Waals surface area contributed by atoms with E-state index in [1.54, 1.807) is 21.3 Å². The lowest BCUT2D eigenvalue weighted by Gasteiger charge is -1.98. The summed E-state index contributed by atoms with van der Waals surface area (Å²) in [7, 11) is 4.91. The van der Waals surface area contributed by atoms with Gasteiger partial charge in [-0.1, -0.05) is 54.1 Å². The number of rotatable bonds is 3. The van der Waals surface area contributed by atoms with Crippen molar-refractivity contribution in [2.24, 2.45) is 0 Å². The summed E-state index contributed by atoms with van der Waals surface area (Å²) in [5, 5.41) is 12.5. The maximum absolute atomic E-state index is 11.0. The molecule has 30 heavy (non-hydrogen) atoms. The predicted octanol–water partition coefficient (Wildman–Crippen LogP) is 5.24. The Morgan fingerprint density at radius 3 is 2.00 bits per heavy atom. The molecule has 0 saturated carbocycles. The Morgan fingerprint density at radius 1 is 1.03 bits per heavy atom. The van der Waals surface area contributed by atoms with Gasteiger partial charge in [-0.3, -0.25) is 0 Å². The van der Waals surface area contributed by atoms with Gasteiger partial charge in [0.25, 0.3) is 0 Å². The third-order valence-corrected chi connectivity index (χ3v) is 4.83.